The molecule has 4 heteroatoms. The number of carbonyl (C=O) groups excluding carboxylic acids is 2. The summed E-state index contributed by atoms with van der Waals surface area (Å²) in [6, 6.07) is 0. The molecular weight excluding hydrogens is 166 g/mol. The van der Waals surface area contributed by atoms with Crippen LogP contribution in [0.3, 0.4) is 0 Å². The monoisotopic (exact) mass is 175 g/mol. The van der Waals surface area contributed by atoms with Gasteiger partial charge in [0.15, 0.2) is 0 Å². The van der Waals surface area contributed by atoms with Gasteiger partial charge in [-0.15, -0.1) is 0 Å². The third kappa shape index (κ3) is 2.05. The van der Waals surface area contributed by atoms with Crippen molar-refractivity contribution in [2.45, 2.75) is 13.8 Å². The molecule has 1 aliphatic rings. The van der Waals surface area contributed by atoms with Crippen molar-refractivity contribution in [3.63, 3.8) is 0 Å². The Morgan fingerprint density at radius 2 is 1.82 bits per heavy atom. The van der Waals surface area contributed by atoms with E-state index in [0.717, 1.165) is 11.0 Å². The molecule has 3 nitrogen and oxygen atoms in total. The lowest BCUT2D eigenvalue weighted by molar-refractivity contribution is -0.135. The lowest BCUT2D eigenvalue weighted by Crippen LogP contribution is -2.25. The number of amides is 2. The zero-order chi connectivity index (χ0) is 9.02. The van der Waals surface area contributed by atoms with Gasteiger partial charge in [-0.25, -0.2) is 0 Å². The highest BCUT2D eigenvalue weighted by Crippen LogP contribution is 2.13. The van der Waals surface area contributed by atoms with Gasteiger partial charge in [0.05, 0.1) is 0 Å². The molecule has 0 bridgehead atoms. The Kier molecular flexibility index (Phi) is 3.82. The van der Waals surface area contributed by atoms with Crippen LogP contribution in [0.2, 0.25) is 0 Å². The maximum atomic E-state index is 10.6. The largest absolute Gasteiger partial charge is 0.277 e. The van der Waals surface area contributed by atoms with E-state index < -0.39 is 5.91 Å². The second-order valence-corrected chi connectivity index (χ2v) is 2.10. The number of hydrogen-bond donors (Lipinski definition) is 0. The van der Waals surface area contributed by atoms with Crippen LogP contribution in [0, 0.1) is 0 Å². The Bertz CT molecular complexity index is 210. The van der Waals surface area contributed by atoms with Crippen molar-refractivity contribution in [2.24, 2.45) is 0 Å². The van der Waals surface area contributed by atoms with Gasteiger partial charge in [0.1, 0.15) is 5.03 Å². The van der Waals surface area contributed by atoms with Crippen LogP contribution >= 0.6 is 11.6 Å². The van der Waals surface area contributed by atoms with Gasteiger partial charge in [-0.3, -0.25) is 14.5 Å². The molecule has 0 N–H and O–H groups in total. The summed E-state index contributed by atoms with van der Waals surface area (Å²) in [6.07, 6.45) is 1.10. The molecule has 0 spiro atoms. The zero-order valence-corrected chi connectivity index (χ0v) is 7.47. The van der Waals surface area contributed by atoms with E-state index in [4.69, 9.17) is 11.6 Å². The molecule has 0 atom stereocenters. The highest BCUT2D eigenvalue weighted by atomic mass is 35.5. The fraction of sp³-hybridized carbons (Fsp3) is 0.429. The van der Waals surface area contributed by atoms with E-state index in [0.29, 0.717) is 0 Å². The summed E-state index contributed by atoms with van der Waals surface area (Å²) >= 11 is 5.30. The smallest absolute Gasteiger partial charge is 0.272 e. The molecule has 2 amide bonds. The van der Waals surface area contributed by atoms with Crippen molar-refractivity contribution >= 4 is 23.4 Å². The number of hydrogen-bond acceptors (Lipinski definition) is 2. The molecule has 0 aromatic carbocycles. The summed E-state index contributed by atoms with van der Waals surface area (Å²) in [5.41, 5.74) is 0. The number of imide groups is 1. The molecule has 1 heterocycles. The molecule has 11 heavy (non-hydrogen) atoms. The van der Waals surface area contributed by atoms with Crippen LogP contribution in [-0.4, -0.2) is 23.8 Å². The van der Waals surface area contributed by atoms with Crippen LogP contribution in [0.15, 0.2) is 11.1 Å². The Hall–Kier alpha value is -0.830. The first kappa shape index (κ1) is 10.2. The molecule has 0 unspecified atom stereocenters. The summed E-state index contributed by atoms with van der Waals surface area (Å²) in [4.78, 5) is 22.1. The van der Waals surface area contributed by atoms with Crippen molar-refractivity contribution in [1.29, 1.82) is 0 Å². The standard InChI is InChI=1S/C5H4ClNO2.C2H6/c1-7-4(8)2-3(6)5(7)9;1-2/h2H,1H3;1-2H3. The number of carbonyl (C=O) groups is 2. The van der Waals surface area contributed by atoms with E-state index in [2.05, 4.69) is 0 Å². The Morgan fingerprint density at radius 1 is 1.36 bits per heavy atom. The predicted molar refractivity (Wildman–Crippen MR) is 43.1 cm³/mol. The van der Waals surface area contributed by atoms with Gasteiger partial charge in [0, 0.05) is 13.1 Å². The highest BCUT2D eigenvalue weighted by Gasteiger charge is 2.25. The van der Waals surface area contributed by atoms with Crippen molar-refractivity contribution in [3.8, 4) is 0 Å². The molecular formula is C7H10ClNO2. The molecule has 0 saturated carbocycles. The van der Waals surface area contributed by atoms with E-state index in [9.17, 15) is 9.59 Å². The second-order valence-electron chi connectivity index (χ2n) is 1.69. The van der Waals surface area contributed by atoms with Crippen LogP contribution in [0.1, 0.15) is 13.8 Å². The number of halogens is 1. The van der Waals surface area contributed by atoms with E-state index in [1.165, 1.54) is 7.05 Å². The Balaban J connectivity index is 0.000000461. The van der Waals surface area contributed by atoms with E-state index in [1.807, 2.05) is 13.8 Å². The SMILES string of the molecule is CC.CN1C(=O)C=C(Cl)C1=O. The van der Waals surface area contributed by atoms with Crippen molar-refractivity contribution in [1.82, 2.24) is 4.90 Å². The summed E-state index contributed by atoms with van der Waals surface area (Å²) in [6.45, 7) is 4.00. The van der Waals surface area contributed by atoms with E-state index >= 15 is 0 Å². The molecule has 62 valence electrons. The quantitative estimate of drug-likeness (QED) is 0.518. The summed E-state index contributed by atoms with van der Waals surface area (Å²) in [5, 5.41) is -0.0116. The Labute approximate surface area is 70.6 Å². The van der Waals surface area contributed by atoms with Gasteiger partial charge < -0.3 is 0 Å². The van der Waals surface area contributed by atoms with Crippen LogP contribution in [0.4, 0.5) is 0 Å². The number of nitrogens with zero attached hydrogens (tertiary/aromatic N) is 1. The van der Waals surface area contributed by atoms with Gasteiger partial charge >= 0.3 is 0 Å². The molecule has 0 fully saturated rings. The average molecular weight is 176 g/mol. The van der Waals surface area contributed by atoms with Gasteiger partial charge in [-0.2, -0.15) is 0 Å². The van der Waals surface area contributed by atoms with Crippen molar-refractivity contribution < 1.29 is 9.59 Å². The fourth-order valence-corrected chi connectivity index (χ4v) is 0.747. The molecule has 0 radical (unpaired) electrons. The first-order valence-electron chi connectivity index (χ1n) is 3.32. The number of likely N-dealkylation sites (N-methyl/N-ethyl adjacent to an activating group) is 1. The minimum absolute atomic E-state index is 0.0116. The Morgan fingerprint density at radius 3 is 1.91 bits per heavy atom. The third-order valence-electron chi connectivity index (χ3n) is 1.09. The molecule has 0 aliphatic carbocycles. The predicted octanol–water partition coefficient (Wildman–Crippen LogP) is 1.13. The third-order valence-corrected chi connectivity index (χ3v) is 1.36. The van der Waals surface area contributed by atoms with Crippen molar-refractivity contribution in [3.05, 3.63) is 11.1 Å². The van der Waals surface area contributed by atoms with E-state index in [-0.39, 0.29) is 10.9 Å². The van der Waals surface area contributed by atoms with E-state index in [1.54, 1.807) is 0 Å². The maximum absolute atomic E-state index is 10.6. The first-order valence-corrected chi connectivity index (χ1v) is 3.70. The van der Waals surface area contributed by atoms with Crippen LogP contribution in [-0.2, 0) is 9.59 Å². The molecule has 0 saturated heterocycles. The molecule has 0 aromatic rings. The second kappa shape index (κ2) is 4.13. The normalized spacial score (nSPS) is 16.0. The summed E-state index contributed by atoms with van der Waals surface area (Å²) < 4.78 is 0. The average Bonchev–Trinajstić information content (AvgIpc) is 2.22. The maximum Gasteiger partial charge on any atom is 0.272 e. The molecule has 1 rings (SSSR count). The van der Waals surface area contributed by atoms with Crippen LogP contribution in [0.25, 0.3) is 0 Å². The lowest BCUT2D eigenvalue weighted by Gasteiger charge is -2.02. The van der Waals surface area contributed by atoms with Crippen LogP contribution in [0.5, 0.6) is 0 Å². The van der Waals surface area contributed by atoms with Gasteiger partial charge in [-0.05, 0) is 0 Å². The van der Waals surface area contributed by atoms with Crippen molar-refractivity contribution in [2.75, 3.05) is 7.05 Å². The van der Waals surface area contributed by atoms with Gasteiger partial charge in [-0.1, -0.05) is 25.4 Å². The first-order chi connectivity index (χ1) is 5.13. The van der Waals surface area contributed by atoms with Crippen LogP contribution < -0.4 is 0 Å². The van der Waals surface area contributed by atoms with Gasteiger partial charge in [0.25, 0.3) is 11.8 Å². The van der Waals surface area contributed by atoms with Gasteiger partial charge in [0.2, 0.25) is 0 Å². The molecule has 0 aromatic heterocycles. The summed E-state index contributed by atoms with van der Waals surface area (Å²) in [5.74, 6) is -0.785. The lowest BCUT2D eigenvalue weighted by atomic mass is 10.6. The number of rotatable bonds is 0. The minimum Gasteiger partial charge on any atom is -0.277 e. The topological polar surface area (TPSA) is 37.4 Å². The zero-order valence-electron chi connectivity index (χ0n) is 6.72. The molecule has 1 aliphatic heterocycles. The fourth-order valence-electron chi connectivity index (χ4n) is 0.527. The highest BCUT2D eigenvalue weighted by molar-refractivity contribution is 6.46. The summed E-state index contributed by atoms with van der Waals surface area (Å²) in [7, 11) is 1.39. The minimum atomic E-state index is -0.429.